The molecular formula is C20H13ClN2O2. The van der Waals surface area contributed by atoms with Crippen molar-refractivity contribution >= 4 is 28.3 Å². The second-order valence-corrected chi connectivity index (χ2v) is 6.10. The van der Waals surface area contributed by atoms with E-state index in [2.05, 4.69) is 9.97 Å². The summed E-state index contributed by atoms with van der Waals surface area (Å²) in [5.74, 6) is -0.183. The summed E-state index contributed by atoms with van der Waals surface area (Å²) in [5, 5.41) is 11.5. The molecule has 0 spiro atoms. The molecule has 0 aliphatic carbocycles. The zero-order valence-corrected chi connectivity index (χ0v) is 13.8. The van der Waals surface area contributed by atoms with Gasteiger partial charge in [0.1, 0.15) is 10.9 Å². The Labute approximate surface area is 148 Å². The zero-order valence-electron chi connectivity index (χ0n) is 13.0. The smallest absolute Gasteiger partial charge is 0.194 e. The van der Waals surface area contributed by atoms with Gasteiger partial charge in [0.2, 0.25) is 0 Å². The van der Waals surface area contributed by atoms with Crippen molar-refractivity contribution in [3.63, 3.8) is 0 Å². The highest BCUT2D eigenvalue weighted by atomic mass is 35.5. The zero-order chi connectivity index (χ0) is 17.4. The number of fused-ring (bicyclic) bond motifs is 1. The Hall–Kier alpha value is -3.11. The summed E-state index contributed by atoms with van der Waals surface area (Å²) in [4.78, 5) is 19.8. The number of hydrogen-bond acceptors (Lipinski definition) is 3. The molecule has 0 bridgehead atoms. The van der Waals surface area contributed by atoms with E-state index in [9.17, 15) is 9.90 Å². The van der Waals surface area contributed by atoms with Crippen molar-refractivity contribution in [2.45, 2.75) is 0 Å². The number of rotatable bonds is 3. The van der Waals surface area contributed by atoms with Gasteiger partial charge < -0.3 is 10.1 Å². The van der Waals surface area contributed by atoms with E-state index in [0.29, 0.717) is 16.3 Å². The van der Waals surface area contributed by atoms with E-state index < -0.39 is 0 Å². The molecule has 2 N–H and O–H groups in total. The maximum atomic E-state index is 12.7. The summed E-state index contributed by atoms with van der Waals surface area (Å²) < 4.78 is 0. The largest absolute Gasteiger partial charge is 0.508 e. The minimum Gasteiger partial charge on any atom is -0.508 e. The molecule has 25 heavy (non-hydrogen) atoms. The minimum atomic E-state index is -0.220. The normalized spacial score (nSPS) is 10.9. The van der Waals surface area contributed by atoms with E-state index >= 15 is 0 Å². The van der Waals surface area contributed by atoms with Crippen LogP contribution in [0.25, 0.3) is 22.0 Å². The van der Waals surface area contributed by atoms with Gasteiger partial charge in [-0.05, 0) is 53.6 Å². The molecule has 0 amide bonds. The van der Waals surface area contributed by atoms with Gasteiger partial charge in [0.25, 0.3) is 0 Å². The first-order valence-electron chi connectivity index (χ1n) is 7.68. The molecule has 2 heterocycles. The molecule has 4 rings (SSSR count). The van der Waals surface area contributed by atoms with Crippen LogP contribution in [0.1, 0.15) is 15.9 Å². The number of phenols is 1. The molecule has 0 unspecified atom stereocenters. The Balaban J connectivity index is 1.83. The van der Waals surface area contributed by atoms with E-state index in [0.717, 1.165) is 22.0 Å². The van der Waals surface area contributed by atoms with Gasteiger partial charge in [-0.2, -0.15) is 0 Å². The summed E-state index contributed by atoms with van der Waals surface area (Å²) in [6.07, 6.45) is 3.30. The van der Waals surface area contributed by atoms with E-state index in [-0.39, 0.29) is 11.5 Å². The van der Waals surface area contributed by atoms with Crippen molar-refractivity contribution in [3.05, 3.63) is 83.3 Å². The molecule has 0 saturated carbocycles. The number of aromatic hydroxyl groups is 1. The molecular weight excluding hydrogens is 336 g/mol. The lowest BCUT2D eigenvalue weighted by molar-refractivity contribution is 0.103. The fraction of sp³-hybridized carbons (Fsp3) is 0. The molecule has 4 aromatic rings. The van der Waals surface area contributed by atoms with E-state index in [1.807, 2.05) is 30.5 Å². The molecule has 0 saturated heterocycles. The van der Waals surface area contributed by atoms with Crippen LogP contribution < -0.4 is 0 Å². The highest BCUT2D eigenvalue weighted by Crippen LogP contribution is 2.31. The molecule has 5 heteroatoms. The first kappa shape index (κ1) is 15.4. The number of benzene rings is 2. The molecule has 0 radical (unpaired) electrons. The third-order valence-electron chi connectivity index (χ3n) is 4.08. The number of phenolic OH excluding ortho intramolecular Hbond substituents is 1. The molecule has 0 fully saturated rings. The highest BCUT2D eigenvalue weighted by Gasteiger charge is 2.14. The molecule has 2 aromatic heterocycles. The quantitative estimate of drug-likeness (QED) is 0.412. The lowest BCUT2D eigenvalue weighted by Crippen LogP contribution is -2.02. The van der Waals surface area contributed by atoms with Crippen LogP contribution in [0.3, 0.4) is 0 Å². The molecule has 2 aromatic carbocycles. The topological polar surface area (TPSA) is 66.0 Å². The monoisotopic (exact) mass is 348 g/mol. The van der Waals surface area contributed by atoms with Gasteiger partial charge in [-0.3, -0.25) is 4.79 Å². The van der Waals surface area contributed by atoms with Crippen LogP contribution in [0.15, 0.2) is 67.0 Å². The summed E-state index contributed by atoms with van der Waals surface area (Å²) in [6, 6.07) is 15.9. The van der Waals surface area contributed by atoms with Crippen LogP contribution in [0.2, 0.25) is 5.15 Å². The van der Waals surface area contributed by atoms with Gasteiger partial charge in [-0.25, -0.2) is 4.98 Å². The number of ketones is 1. The Kier molecular flexibility index (Phi) is 3.75. The summed E-state index contributed by atoms with van der Waals surface area (Å²) >= 11 is 5.77. The van der Waals surface area contributed by atoms with Crippen molar-refractivity contribution in [2.75, 3.05) is 0 Å². The Morgan fingerprint density at radius 1 is 1.04 bits per heavy atom. The van der Waals surface area contributed by atoms with Crippen LogP contribution in [-0.4, -0.2) is 20.9 Å². The second-order valence-electron chi connectivity index (χ2n) is 5.71. The van der Waals surface area contributed by atoms with Crippen LogP contribution in [-0.2, 0) is 0 Å². The minimum absolute atomic E-state index is 0.0373. The molecule has 0 aliphatic rings. The third-order valence-corrected chi connectivity index (χ3v) is 4.30. The summed E-state index contributed by atoms with van der Waals surface area (Å²) in [5.41, 5.74) is 3.52. The maximum Gasteiger partial charge on any atom is 0.194 e. The maximum absolute atomic E-state index is 12.7. The molecule has 0 atom stereocenters. The summed E-state index contributed by atoms with van der Waals surface area (Å²) in [6.45, 7) is 0. The average Bonchev–Trinajstić information content (AvgIpc) is 3.10. The van der Waals surface area contributed by atoms with Crippen molar-refractivity contribution < 1.29 is 9.90 Å². The second kappa shape index (κ2) is 6.07. The van der Waals surface area contributed by atoms with E-state index in [1.165, 1.54) is 12.3 Å². The van der Waals surface area contributed by atoms with Crippen LogP contribution in [0.4, 0.5) is 0 Å². The molecule has 122 valence electrons. The summed E-state index contributed by atoms with van der Waals surface area (Å²) in [7, 11) is 0. The Morgan fingerprint density at radius 3 is 2.72 bits per heavy atom. The third kappa shape index (κ3) is 2.88. The van der Waals surface area contributed by atoms with E-state index in [4.69, 9.17) is 11.6 Å². The van der Waals surface area contributed by atoms with Gasteiger partial charge >= 0.3 is 0 Å². The van der Waals surface area contributed by atoms with Gasteiger partial charge in [0.15, 0.2) is 5.78 Å². The van der Waals surface area contributed by atoms with Gasteiger partial charge in [-0.1, -0.05) is 23.7 Å². The van der Waals surface area contributed by atoms with E-state index in [1.54, 1.807) is 24.3 Å². The number of halogens is 1. The van der Waals surface area contributed by atoms with Crippen molar-refractivity contribution in [1.82, 2.24) is 9.97 Å². The first-order chi connectivity index (χ1) is 12.1. The van der Waals surface area contributed by atoms with Crippen LogP contribution >= 0.6 is 11.6 Å². The number of carbonyl (C=O) groups is 1. The molecule has 4 nitrogen and oxygen atoms in total. The van der Waals surface area contributed by atoms with Gasteiger partial charge in [0.05, 0.1) is 0 Å². The first-order valence-corrected chi connectivity index (χ1v) is 8.06. The number of carbonyl (C=O) groups excluding carboxylic acids is 1. The highest BCUT2D eigenvalue weighted by molar-refractivity contribution is 6.29. The number of hydrogen-bond donors (Lipinski definition) is 2. The van der Waals surface area contributed by atoms with Gasteiger partial charge in [0, 0.05) is 34.4 Å². The SMILES string of the molecule is O=C(c1ccc(Cl)nc1)c1cc(O)cc(-c2cccc3[nH]ccc23)c1. The predicted molar refractivity (Wildman–Crippen MR) is 98.1 cm³/mol. The number of nitrogens with one attached hydrogen (secondary N) is 1. The number of aromatic nitrogens is 2. The Morgan fingerprint density at radius 2 is 1.92 bits per heavy atom. The van der Waals surface area contributed by atoms with Crippen LogP contribution in [0, 0.1) is 0 Å². The van der Waals surface area contributed by atoms with Crippen LogP contribution in [0.5, 0.6) is 5.75 Å². The average molecular weight is 349 g/mol. The number of aromatic amines is 1. The lowest BCUT2D eigenvalue weighted by atomic mass is 9.96. The van der Waals surface area contributed by atoms with Crippen molar-refractivity contribution in [3.8, 4) is 16.9 Å². The number of nitrogens with zero attached hydrogens (tertiary/aromatic N) is 1. The van der Waals surface area contributed by atoms with Gasteiger partial charge in [-0.15, -0.1) is 0 Å². The molecule has 0 aliphatic heterocycles. The lowest BCUT2D eigenvalue weighted by Gasteiger charge is -2.08. The standard InChI is InChI=1S/C20H13ClN2O2/c21-19-5-4-12(11-23-19)20(25)14-8-13(9-15(24)10-14)16-2-1-3-18-17(16)6-7-22-18/h1-11,22,24H. The van der Waals surface area contributed by atoms with Crippen molar-refractivity contribution in [2.24, 2.45) is 0 Å². The Bertz CT molecular complexity index is 1080. The fourth-order valence-electron chi connectivity index (χ4n) is 2.91. The predicted octanol–water partition coefficient (Wildman–Crippen LogP) is 4.82. The number of pyridine rings is 1. The number of H-pyrrole nitrogens is 1. The fourth-order valence-corrected chi connectivity index (χ4v) is 3.02. The van der Waals surface area contributed by atoms with Crippen molar-refractivity contribution in [1.29, 1.82) is 0 Å².